The molecule has 36 heavy (non-hydrogen) atoms. The smallest absolute Gasteiger partial charge is 0.262 e. The van der Waals surface area contributed by atoms with Gasteiger partial charge in [-0.15, -0.1) is 0 Å². The van der Waals surface area contributed by atoms with E-state index in [1.54, 1.807) is 44.2 Å². The van der Waals surface area contributed by atoms with Crippen molar-refractivity contribution in [3.05, 3.63) is 81.4 Å². The molecule has 1 fully saturated rings. The highest BCUT2D eigenvalue weighted by atomic mass is 35.5. The second kappa shape index (κ2) is 9.95. The molecule has 0 radical (unpaired) electrons. The molecule has 4 rings (SSSR count). The quantitative estimate of drug-likeness (QED) is 0.435. The summed E-state index contributed by atoms with van der Waals surface area (Å²) in [6, 6.07) is 13.6. The van der Waals surface area contributed by atoms with Crippen molar-refractivity contribution in [2.45, 2.75) is 45.1 Å². The molecular weight excluding hydrogens is 498 g/mol. The number of carbonyl (C=O) groups excluding carboxylic acids is 2. The molecule has 0 aromatic heterocycles. The number of nitrogens with one attached hydrogen (secondary N) is 3. The SMILES string of the molecule is Cc1cc(S(=O)(=O)Nc2cccc(-c3cc(C)c(C(=O)N[C@H]4CCNC4=O)c(C)c3)c2)c(C)cc1Cl. The number of sulfonamides is 1. The van der Waals surface area contributed by atoms with Gasteiger partial charge in [-0.2, -0.15) is 0 Å². The van der Waals surface area contributed by atoms with Crippen LogP contribution in [0.3, 0.4) is 0 Å². The van der Waals surface area contributed by atoms with Crippen molar-refractivity contribution >= 4 is 39.1 Å². The van der Waals surface area contributed by atoms with Gasteiger partial charge in [0.25, 0.3) is 15.9 Å². The maximum absolute atomic E-state index is 13.1. The van der Waals surface area contributed by atoms with Crippen LogP contribution in [0.1, 0.15) is 39.0 Å². The topological polar surface area (TPSA) is 104 Å². The van der Waals surface area contributed by atoms with Gasteiger partial charge in [0.05, 0.1) is 4.90 Å². The summed E-state index contributed by atoms with van der Waals surface area (Å²) in [4.78, 5) is 24.9. The Labute approximate surface area is 216 Å². The summed E-state index contributed by atoms with van der Waals surface area (Å²) >= 11 is 6.13. The molecular formula is C27H28ClN3O4S. The molecule has 0 aliphatic carbocycles. The van der Waals surface area contributed by atoms with Crippen LogP contribution in [0, 0.1) is 27.7 Å². The minimum Gasteiger partial charge on any atom is -0.354 e. The molecule has 9 heteroatoms. The van der Waals surface area contributed by atoms with Crippen LogP contribution < -0.4 is 15.4 Å². The predicted octanol–water partition coefficient (Wildman–Crippen LogP) is 4.66. The molecule has 7 nitrogen and oxygen atoms in total. The molecule has 3 N–H and O–H groups in total. The molecule has 1 heterocycles. The molecule has 0 spiro atoms. The first-order chi connectivity index (χ1) is 17.0. The number of anilines is 1. The van der Waals surface area contributed by atoms with Crippen molar-refractivity contribution in [3.8, 4) is 11.1 Å². The summed E-state index contributed by atoms with van der Waals surface area (Å²) in [6.07, 6.45) is 0.568. The van der Waals surface area contributed by atoms with E-state index in [0.29, 0.717) is 40.4 Å². The summed E-state index contributed by atoms with van der Waals surface area (Å²) in [6.45, 7) is 7.71. The van der Waals surface area contributed by atoms with Crippen LogP contribution in [-0.4, -0.2) is 32.8 Å². The van der Waals surface area contributed by atoms with Gasteiger partial charge in [-0.3, -0.25) is 14.3 Å². The Hall–Kier alpha value is -3.36. The molecule has 0 saturated carbocycles. The van der Waals surface area contributed by atoms with E-state index in [1.165, 1.54) is 0 Å². The zero-order valence-electron chi connectivity index (χ0n) is 20.5. The predicted molar refractivity (Wildman–Crippen MR) is 142 cm³/mol. The van der Waals surface area contributed by atoms with Crippen molar-refractivity contribution in [2.24, 2.45) is 0 Å². The average molecular weight is 526 g/mol. The van der Waals surface area contributed by atoms with E-state index in [0.717, 1.165) is 22.3 Å². The Balaban J connectivity index is 1.60. The third-order valence-electron chi connectivity index (χ3n) is 6.31. The fraction of sp³-hybridized carbons (Fsp3) is 0.259. The van der Waals surface area contributed by atoms with Crippen LogP contribution in [0.4, 0.5) is 5.69 Å². The second-order valence-corrected chi connectivity index (χ2v) is 11.2. The highest BCUT2D eigenvalue weighted by Gasteiger charge is 2.27. The molecule has 0 unspecified atom stereocenters. The number of rotatable bonds is 6. The first-order valence-electron chi connectivity index (χ1n) is 11.6. The van der Waals surface area contributed by atoms with Crippen LogP contribution >= 0.6 is 11.6 Å². The number of hydrogen-bond acceptors (Lipinski definition) is 4. The molecule has 3 aromatic rings. The lowest BCUT2D eigenvalue weighted by Gasteiger charge is -2.16. The van der Waals surface area contributed by atoms with Crippen LogP contribution in [0.2, 0.25) is 5.02 Å². The van der Waals surface area contributed by atoms with Crippen molar-refractivity contribution in [2.75, 3.05) is 11.3 Å². The van der Waals surface area contributed by atoms with E-state index in [2.05, 4.69) is 15.4 Å². The summed E-state index contributed by atoms with van der Waals surface area (Å²) in [5, 5.41) is 6.05. The van der Waals surface area contributed by atoms with Crippen LogP contribution in [-0.2, 0) is 14.8 Å². The number of amides is 2. The van der Waals surface area contributed by atoms with Gasteiger partial charge in [0.15, 0.2) is 0 Å². The summed E-state index contributed by atoms with van der Waals surface area (Å²) in [5.74, 6) is -0.452. The molecule has 0 bridgehead atoms. The first-order valence-corrected chi connectivity index (χ1v) is 13.4. The first kappa shape index (κ1) is 25.7. The van der Waals surface area contributed by atoms with Crippen molar-refractivity contribution in [1.29, 1.82) is 0 Å². The second-order valence-electron chi connectivity index (χ2n) is 9.14. The average Bonchev–Trinajstić information content (AvgIpc) is 3.19. The van der Waals surface area contributed by atoms with E-state index < -0.39 is 16.1 Å². The number of benzene rings is 3. The largest absolute Gasteiger partial charge is 0.354 e. The zero-order valence-corrected chi connectivity index (χ0v) is 22.1. The van der Waals surface area contributed by atoms with Crippen LogP contribution in [0.5, 0.6) is 0 Å². The van der Waals surface area contributed by atoms with Gasteiger partial charge in [-0.05, 0) is 91.8 Å². The van der Waals surface area contributed by atoms with Gasteiger partial charge in [-0.25, -0.2) is 8.42 Å². The lowest BCUT2D eigenvalue weighted by molar-refractivity contribution is -0.120. The summed E-state index contributed by atoms with van der Waals surface area (Å²) < 4.78 is 28.9. The molecule has 188 valence electrons. The fourth-order valence-electron chi connectivity index (χ4n) is 4.47. The highest BCUT2D eigenvalue weighted by molar-refractivity contribution is 7.92. The van der Waals surface area contributed by atoms with Gasteiger partial charge < -0.3 is 10.6 Å². The minimum atomic E-state index is -3.83. The van der Waals surface area contributed by atoms with E-state index in [-0.39, 0.29) is 16.7 Å². The molecule has 1 aliphatic rings. The van der Waals surface area contributed by atoms with Gasteiger partial charge in [0.2, 0.25) is 5.91 Å². The third-order valence-corrected chi connectivity index (χ3v) is 8.24. The van der Waals surface area contributed by atoms with Gasteiger partial charge in [0, 0.05) is 22.8 Å². The fourth-order valence-corrected chi connectivity index (χ4v) is 6.05. The number of aryl methyl sites for hydroxylation is 4. The Morgan fingerprint density at radius 2 is 1.64 bits per heavy atom. The van der Waals surface area contributed by atoms with E-state index in [4.69, 9.17) is 11.6 Å². The highest BCUT2D eigenvalue weighted by Crippen LogP contribution is 2.30. The summed E-state index contributed by atoms with van der Waals surface area (Å²) in [7, 11) is -3.83. The van der Waals surface area contributed by atoms with Gasteiger partial charge in [0.1, 0.15) is 6.04 Å². The van der Waals surface area contributed by atoms with Crippen molar-refractivity contribution < 1.29 is 18.0 Å². The Bertz CT molecular complexity index is 1460. The van der Waals surface area contributed by atoms with Crippen molar-refractivity contribution in [1.82, 2.24) is 10.6 Å². The lowest BCUT2D eigenvalue weighted by Crippen LogP contribution is -2.40. The maximum atomic E-state index is 13.1. The summed E-state index contributed by atoms with van der Waals surface area (Å²) in [5.41, 5.74) is 5.36. The Morgan fingerprint density at radius 3 is 2.28 bits per heavy atom. The van der Waals surface area contributed by atoms with Crippen molar-refractivity contribution in [3.63, 3.8) is 0 Å². The molecule has 2 amide bonds. The van der Waals surface area contributed by atoms with Crippen LogP contribution in [0.15, 0.2) is 53.4 Å². The number of halogens is 1. The van der Waals surface area contributed by atoms with E-state index >= 15 is 0 Å². The minimum absolute atomic E-state index is 0.168. The van der Waals surface area contributed by atoms with Crippen LogP contribution in [0.25, 0.3) is 11.1 Å². The lowest BCUT2D eigenvalue weighted by atomic mass is 9.94. The molecule has 1 aliphatic heterocycles. The molecule has 1 saturated heterocycles. The Morgan fingerprint density at radius 1 is 0.944 bits per heavy atom. The zero-order chi connectivity index (χ0) is 26.2. The van der Waals surface area contributed by atoms with Gasteiger partial charge >= 0.3 is 0 Å². The van der Waals surface area contributed by atoms with Gasteiger partial charge in [-0.1, -0.05) is 35.9 Å². The standard InChI is InChI=1S/C27H28ClN3O4S/c1-15-13-24(16(2)12-22(15)28)36(34,35)31-21-7-5-6-19(14-21)20-10-17(3)25(18(4)11-20)27(33)30-23-8-9-29-26(23)32/h5-7,10-14,23,31H,8-9H2,1-4H3,(H,29,32)(H,30,33)/t23-/m0/s1. The molecule has 3 aromatic carbocycles. The van der Waals surface area contributed by atoms with E-state index in [9.17, 15) is 18.0 Å². The monoisotopic (exact) mass is 525 g/mol. The third kappa shape index (κ3) is 5.24. The number of hydrogen-bond donors (Lipinski definition) is 3. The Kier molecular flexibility index (Phi) is 7.11. The normalized spacial score (nSPS) is 15.5. The number of carbonyl (C=O) groups is 2. The maximum Gasteiger partial charge on any atom is 0.262 e. The van der Waals surface area contributed by atoms with E-state index in [1.807, 2.05) is 32.0 Å². The molecule has 1 atom stereocenters.